The second kappa shape index (κ2) is 6.49. The summed E-state index contributed by atoms with van der Waals surface area (Å²) < 4.78 is 1.57. The van der Waals surface area contributed by atoms with E-state index in [1.807, 2.05) is 32.6 Å². The maximum Gasteiger partial charge on any atom is 0.244 e. The monoisotopic (exact) mass is 253 g/mol. The molecule has 0 unspecified atom stereocenters. The van der Waals surface area contributed by atoms with Crippen molar-refractivity contribution in [1.29, 1.82) is 0 Å². The topological polar surface area (TPSA) is 77.0 Å². The molecular formula is C12H23N5O. The number of carbonyl (C=O) groups is 1. The van der Waals surface area contributed by atoms with Crippen LogP contribution < -0.4 is 5.73 Å². The summed E-state index contributed by atoms with van der Waals surface area (Å²) in [6.07, 6.45) is 2.47. The Morgan fingerprint density at radius 2 is 2.00 bits per heavy atom. The van der Waals surface area contributed by atoms with Crippen molar-refractivity contribution in [3.8, 4) is 0 Å². The predicted octanol–water partition coefficient (Wildman–Crippen LogP) is 0.425. The van der Waals surface area contributed by atoms with Crippen molar-refractivity contribution in [2.45, 2.75) is 52.7 Å². The van der Waals surface area contributed by atoms with Gasteiger partial charge >= 0.3 is 0 Å². The molecule has 1 rings (SSSR count). The van der Waals surface area contributed by atoms with Crippen molar-refractivity contribution >= 4 is 5.91 Å². The molecule has 0 radical (unpaired) electrons. The highest BCUT2D eigenvalue weighted by Crippen LogP contribution is 2.06. The fraction of sp³-hybridized carbons (Fsp3) is 0.750. The van der Waals surface area contributed by atoms with E-state index in [0.717, 1.165) is 5.69 Å². The zero-order valence-electron chi connectivity index (χ0n) is 11.6. The van der Waals surface area contributed by atoms with Crippen LogP contribution in [0.4, 0.5) is 0 Å². The molecule has 6 heteroatoms. The Kier molecular flexibility index (Phi) is 5.27. The minimum absolute atomic E-state index is 0.0594. The highest BCUT2D eigenvalue weighted by atomic mass is 16.2. The smallest absolute Gasteiger partial charge is 0.244 e. The van der Waals surface area contributed by atoms with E-state index in [1.54, 1.807) is 10.9 Å². The third-order valence-electron chi connectivity index (χ3n) is 2.68. The molecule has 1 aromatic rings. The number of carbonyl (C=O) groups excluding carboxylic acids is 1. The third kappa shape index (κ3) is 3.80. The van der Waals surface area contributed by atoms with Gasteiger partial charge in [-0.15, -0.1) is 5.10 Å². The number of aromatic nitrogens is 3. The zero-order chi connectivity index (χ0) is 13.7. The average Bonchev–Trinajstić information content (AvgIpc) is 2.64. The fourth-order valence-corrected chi connectivity index (χ4v) is 2.07. The van der Waals surface area contributed by atoms with Crippen LogP contribution in [0.25, 0.3) is 0 Å². The van der Waals surface area contributed by atoms with E-state index in [-0.39, 0.29) is 24.5 Å². The van der Waals surface area contributed by atoms with Crippen molar-refractivity contribution < 1.29 is 4.79 Å². The van der Waals surface area contributed by atoms with E-state index in [4.69, 9.17) is 5.73 Å². The van der Waals surface area contributed by atoms with Crippen molar-refractivity contribution in [1.82, 2.24) is 19.9 Å². The van der Waals surface area contributed by atoms with Gasteiger partial charge in [-0.2, -0.15) is 0 Å². The molecule has 18 heavy (non-hydrogen) atoms. The molecule has 0 aliphatic heterocycles. The predicted molar refractivity (Wildman–Crippen MR) is 69.9 cm³/mol. The number of amides is 1. The Morgan fingerprint density at radius 1 is 1.39 bits per heavy atom. The molecule has 0 aromatic carbocycles. The van der Waals surface area contributed by atoms with Gasteiger partial charge in [-0.1, -0.05) is 5.21 Å². The Morgan fingerprint density at radius 3 is 2.50 bits per heavy atom. The largest absolute Gasteiger partial charge is 0.336 e. The lowest BCUT2D eigenvalue weighted by atomic mass is 10.2. The summed E-state index contributed by atoms with van der Waals surface area (Å²) in [5.74, 6) is 0.0594. The Labute approximate surface area is 108 Å². The fourth-order valence-electron chi connectivity index (χ4n) is 2.07. The van der Waals surface area contributed by atoms with Gasteiger partial charge in [-0.3, -0.25) is 4.79 Å². The molecule has 0 aliphatic rings. The van der Waals surface area contributed by atoms with Gasteiger partial charge in [0.1, 0.15) is 6.54 Å². The van der Waals surface area contributed by atoms with Crippen molar-refractivity contribution in [3.63, 3.8) is 0 Å². The first-order valence-electron chi connectivity index (χ1n) is 6.36. The second-order valence-corrected chi connectivity index (χ2v) is 4.93. The molecule has 0 bridgehead atoms. The summed E-state index contributed by atoms with van der Waals surface area (Å²) in [5, 5.41) is 7.91. The van der Waals surface area contributed by atoms with Gasteiger partial charge in [0, 0.05) is 24.7 Å². The molecule has 0 saturated heterocycles. The van der Waals surface area contributed by atoms with E-state index < -0.39 is 0 Å². The average molecular weight is 253 g/mol. The molecule has 2 N–H and O–H groups in total. The summed E-state index contributed by atoms with van der Waals surface area (Å²) in [5.41, 5.74) is 6.27. The maximum absolute atomic E-state index is 12.2. The number of hydrogen-bond acceptors (Lipinski definition) is 4. The Balaban J connectivity index is 2.67. The molecule has 1 heterocycles. The molecule has 0 fully saturated rings. The van der Waals surface area contributed by atoms with Crippen molar-refractivity contribution in [3.05, 3.63) is 11.9 Å². The summed E-state index contributed by atoms with van der Waals surface area (Å²) in [4.78, 5) is 14.0. The molecule has 0 spiro atoms. The van der Waals surface area contributed by atoms with Crippen LogP contribution in [0.1, 0.15) is 33.4 Å². The van der Waals surface area contributed by atoms with Gasteiger partial charge < -0.3 is 10.6 Å². The molecule has 0 atom stereocenters. The normalized spacial score (nSPS) is 11.3. The number of hydrogen-bond donors (Lipinski definition) is 1. The number of nitrogens with zero attached hydrogens (tertiary/aromatic N) is 4. The Hall–Kier alpha value is -1.43. The minimum Gasteiger partial charge on any atom is -0.336 e. The molecule has 0 aliphatic carbocycles. The lowest BCUT2D eigenvalue weighted by Crippen LogP contribution is -2.43. The molecule has 1 aromatic heterocycles. The quantitative estimate of drug-likeness (QED) is 0.797. The number of nitrogens with two attached hydrogens (primary N) is 1. The maximum atomic E-state index is 12.2. The Bertz CT molecular complexity index is 378. The van der Waals surface area contributed by atoms with Crippen molar-refractivity contribution in [2.24, 2.45) is 5.73 Å². The first-order valence-corrected chi connectivity index (χ1v) is 6.36. The van der Waals surface area contributed by atoms with Gasteiger partial charge in [0.2, 0.25) is 5.91 Å². The standard InChI is InChI=1S/C12H23N5O/c1-9(2)17(10(3)4)12(18)8-16-7-11(5-6-13)14-15-16/h7,9-10H,5-6,8,13H2,1-4H3. The van der Waals surface area contributed by atoms with Crippen LogP contribution in [-0.2, 0) is 17.8 Å². The summed E-state index contributed by atoms with van der Waals surface area (Å²) in [7, 11) is 0. The second-order valence-electron chi connectivity index (χ2n) is 4.93. The highest BCUT2D eigenvalue weighted by Gasteiger charge is 2.20. The molecule has 0 saturated carbocycles. The van der Waals surface area contributed by atoms with E-state index in [1.165, 1.54) is 0 Å². The molecule has 1 amide bonds. The first-order chi connectivity index (χ1) is 8.45. The van der Waals surface area contributed by atoms with Crippen LogP contribution in [0, 0.1) is 0 Å². The van der Waals surface area contributed by atoms with E-state index in [0.29, 0.717) is 13.0 Å². The van der Waals surface area contributed by atoms with Gasteiger partial charge in [-0.25, -0.2) is 4.68 Å². The minimum atomic E-state index is 0.0594. The van der Waals surface area contributed by atoms with Gasteiger partial charge in [-0.05, 0) is 34.2 Å². The van der Waals surface area contributed by atoms with E-state index in [9.17, 15) is 4.79 Å². The molecule has 102 valence electrons. The lowest BCUT2D eigenvalue weighted by Gasteiger charge is -2.30. The summed E-state index contributed by atoms with van der Waals surface area (Å²) in [6.45, 7) is 8.82. The SMILES string of the molecule is CC(C)N(C(=O)Cn1cc(CCN)nn1)C(C)C. The van der Waals surface area contributed by atoms with E-state index in [2.05, 4.69) is 10.3 Å². The van der Waals surface area contributed by atoms with E-state index >= 15 is 0 Å². The number of rotatable bonds is 6. The van der Waals surface area contributed by atoms with Crippen molar-refractivity contribution in [2.75, 3.05) is 6.54 Å². The van der Waals surface area contributed by atoms with Crippen LogP contribution in [-0.4, -0.2) is 44.4 Å². The lowest BCUT2D eigenvalue weighted by molar-refractivity contribution is -0.135. The first kappa shape index (κ1) is 14.6. The van der Waals surface area contributed by atoms with Crippen LogP contribution in [0.5, 0.6) is 0 Å². The highest BCUT2D eigenvalue weighted by molar-refractivity contribution is 5.76. The molecular weight excluding hydrogens is 230 g/mol. The zero-order valence-corrected chi connectivity index (χ0v) is 11.6. The summed E-state index contributed by atoms with van der Waals surface area (Å²) >= 11 is 0. The van der Waals surface area contributed by atoms with Crippen LogP contribution in [0.3, 0.4) is 0 Å². The van der Waals surface area contributed by atoms with Crippen LogP contribution >= 0.6 is 0 Å². The van der Waals surface area contributed by atoms with Gasteiger partial charge in [0.25, 0.3) is 0 Å². The van der Waals surface area contributed by atoms with Crippen LogP contribution in [0.2, 0.25) is 0 Å². The summed E-state index contributed by atoms with van der Waals surface area (Å²) in [6, 6.07) is 0.370. The van der Waals surface area contributed by atoms with Gasteiger partial charge in [0.05, 0.1) is 5.69 Å². The third-order valence-corrected chi connectivity index (χ3v) is 2.68. The van der Waals surface area contributed by atoms with Crippen LogP contribution in [0.15, 0.2) is 6.20 Å². The molecule has 6 nitrogen and oxygen atoms in total. The van der Waals surface area contributed by atoms with Gasteiger partial charge in [0.15, 0.2) is 0 Å².